The van der Waals surface area contributed by atoms with Crippen molar-refractivity contribution in [3.63, 3.8) is 0 Å². The Balaban J connectivity index is 1.61. The maximum absolute atomic E-state index is 12.1. The second-order valence-electron chi connectivity index (χ2n) is 7.09. The molecule has 0 radical (unpaired) electrons. The van der Waals surface area contributed by atoms with Crippen LogP contribution in [0.3, 0.4) is 0 Å². The highest BCUT2D eigenvalue weighted by atomic mass is 16.5. The normalized spacial score (nSPS) is 12.1. The highest BCUT2D eigenvalue weighted by molar-refractivity contribution is 6.02. The highest BCUT2D eigenvalue weighted by Gasteiger charge is 2.08. The lowest BCUT2D eigenvalue weighted by atomic mass is 9.99. The number of carbonyl (C=O) groups is 1. The number of hydrogen-bond donors (Lipinski definition) is 1. The molecule has 0 unspecified atom stereocenters. The van der Waals surface area contributed by atoms with Crippen LogP contribution in [-0.2, 0) is 4.79 Å². The van der Waals surface area contributed by atoms with Crippen LogP contribution >= 0.6 is 0 Å². The number of carbonyl (C=O) groups excluding carboxylic acids is 1. The van der Waals surface area contributed by atoms with Crippen molar-refractivity contribution in [3.8, 4) is 11.5 Å². The van der Waals surface area contributed by atoms with Gasteiger partial charge in [0.2, 0.25) is 0 Å². The van der Waals surface area contributed by atoms with Gasteiger partial charge in [-0.2, -0.15) is 5.10 Å². The molecule has 1 atom stereocenters. The third-order valence-corrected chi connectivity index (χ3v) is 5.04. The minimum absolute atomic E-state index is 0.103. The molecule has 5 heteroatoms. The summed E-state index contributed by atoms with van der Waals surface area (Å²) in [5, 5.41) is 6.21. The van der Waals surface area contributed by atoms with Gasteiger partial charge in [0.15, 0.2) is 6.61 Å². The van der Waals surface area contributed by atoms with Crippen molar-refractivity contribution in [2.45, 2.75) is 33.1 Å². The first kappa shape index (κ1) is 21.4. The maximum Gasteiger partial charge on any atom is 0.277 e. The van der Waals surface area contributed by atoms with Crippen molar-refractivity contribution in [3.05, 3.63) is 71.8 Å². The molecule has 1 N–H and O–H groups in total. The summed E-state index contributed by atoms with van der Waals surface area (Å²) in [4.78, 5) is 12.1. The number of rotatable bonds is 9. The van der Waals surface area contributed by atoms with Crippen LogP contribution in [0.1, 0.15) is 44.2 Å². The van der Waals surface area contributed by atoms with Crippen LogP contribution < -0.4 is 14.9 Å². The van der Waals surface area contributed by atoms with E-state index in [1.165, 1.54) is 5.56 Å². The summed E-state index contributed by atoms with van der Waals surface area (Å²) in [5.74, 6) is 1.57. The van der Waals surface area contributed by atoms with Gasteiger partial charge in [0.25, 0.3) is 5.91 Å². The van der Waals surface area contributed by atoms with E-state index in [4.69, 9.17) is 9.47 Å². The lowest BCUT2D eigenvalue weighted by Crippen LogP contribution is -2.24. The van der Waals surface area contributed by atoms with Crippen molar-refractivity contribution < 1.29 is 14.3 Å². The van der Waals surface area contributed by atoms with Crippen LogP contribution in [0.4, 0.5) is 0 Å². The van der Waals surface area contributed by atoms with E-state index in [1.807, 2.05) is 67.6 Å². The van der Waals surface area contributed by atoms with Gasteiger partial charge in [0, 0.05) is 5.56 Å². The Bertz CT molecular complexity index is 1010. The van der Waals surface area contributed by atoms with Gasteiger partial charge in [0.1, 0.15) is 11.5 Å². The zero-order valence-corrected chi connectivity index (χ0v) is 17.7. The molecule has 0 fully saturated rings. The van der Waals surface area contributed by atoms with E-state index in [9.17, 15) is 4.79 Å². The van der Waals surface area contributed by atoms with Crippen molar-refractivity contribution in [1.82, 2.24) is 5.43 Å². The van der Waals surface area contributed by atoms with Crippen LogP contribution in [0.25, 0.3) is 10.8 Å². The number of nitrogens with zero attached hydrogens (tertiary/aromatic N) is 1. The molecule has 3 aromatic rings. The van der Waals surface area contributed by atoms with E-state index in [0.29, 0.717) is 18.3 Å². The molecule has 0 aromatic heterocycles. The Morgan fingerprint density at radius 1 is 1.03 bits per heavy atom. The minimum Gasteiger partial charge on any atom is -0.493 e. The average Bonchev–Trinajstić information content (AvgIpc) is 2.78. The van der Waals surface area contributed by atoms with Gasteiger partial charge in [-0.05, 0) is 53.8 Å². The van der Waals surface area contributed by atoms with Gasteiger partial charge < -0.3 is 9.47 Å². The van der Waals surface area contributed by atoms with Crippen LogP contribution in [0.5, 0.6) is 11.5 Å². The molecule has 30 heavy (non-hydrogen) atoms. The monoisotopic (exact) mass is 404 g/mol. The lowest BCUT2D eigenvalue weighted by molar-refractivity contribution is -0.123. The standard InChI is InChI=1S/C25H28N2O3/c1-4-18(3)19-10-13-21(14-11-19)30-17-25(28)27-26-16-23-22-9-7-6-8-20(22)12-15-24(23)29-5-2/h6-16,18H,4-5,17H2,1-3H3,(H,27,28)/b26-16+/t18-/m1/s1. The highest BCUT2D eigenvalue weighted by Crippen LogP contribution is 2.26. The van der Waals surface area contributed by atoms with E-state index < -0.39 is 0 Å². The molecule has 0 saturated heterocycles. The summed E-state index contributed by atoms with van der Waals surface area (Å²) >= 11 is 0. The number of benzene rings is 3. The molecule has 0 heterocycles. The van der Waals surface area contributed by atoms with Gasteiger partial charge in [-0.25, -0.2) is 5.43 Å². The molecule has 1 amide bonds. The lowest BCUT2D eigenvalue weighted by Gasteiger charge is -2.11. The summed E-state index contributed by atoms with van der Waals surface area (Å²) in [5.41, 5.74) is 4.62. The Morgan fingerprint density at radius 2 is 1.80 bits per heavy atom. The fourth-order valence-corrected chi connectivity index (χ4v) is 3.17. The molecule has 0 spiro atoms. The number of hydrazone groups is 1. The maximum atomic E-state index is 12.1. The van der Waals surface area contributed by atoms with E-state index in [2.05, 4.69) is 24.4 Å². The predicted molar refractivity (Wildman–Crippen MR) is 121 cm³/mol. The first-order chi connectivity index (χ1) is 14.6. The predicted octanol–water partition coefficient (Wildman–Crippen LogP) is 5.28. The first-order valence-corrected chi connectivity index (χ1v) is 10.3. The third kappa shape index (κ3) is 5.38. The van der Waals surface area contributed by atoms with Gasteiger partial charge in [0.05, 0.1) is 12.8 Å². The van der Waals surface area contributed by atoms with Crippen LogP contribution in [0.2, 0.25) is 0 Å². The van der Waals surface area contributed by atoms with Gasteiger partial charge in [-0.3, -0.25) is 4.79 Å². The second kappa shape index (κ2) is 10.4. The fourth-order valence-electron chi connectivity index (χ4n) is 3.17. The summed E-state index contributed by atoms with van der Waals surface area (Å²) in [6.45, 7) is 6.73. The third-order valence-electron chi connectivity index (χ3n) is 5.04. The molecule has 3 rings (SSSR count). The number of hydrogen-bond acceptors (Lipinski definition) is 4. The zero-order chi connectivity index (χ0) is 21.3. The first-order valence-electron chi connectivity index (χ1n) is 10.3. The number of ether oxygens (including phenoxy) is 2. The molecule has 5 nitrogen and oxygen atoms in total. The Hall–Kier alpha value is -3.34. The van der Waals surface area contributed by atoms with Crippen molar-refractivity contribution in [1.29, 1.82) is 0 Å². The Labute approximate surface area is 177 Å². The summed E-state index contributed by atoms with van der Waals surface area (Å²) < 4.78 is 11.3. The second-order valence-corrected chi connectivity index (χ2v) is 7.09. The van der Waals surface area contributed by atoms with Crippen LogP contribution in [0, 0.1) is 0 Å². The Morgan fingerprint density at radius 3 is 2.53 bits per heavy atom. The van der Waals surface area contributed by atoms with E-state index >= 15 is 0 Å². The molecule has 3 aromatic carbocycles. The summed E-state index contributed by atoms with van der Waals surface area (Å²) in [6, 6.07) is 19.8. The van der Waals surface area contributed by atoms with Crippen molar-refractivity contribution in [2.24, 2.45) is 5.10 Å². The summed E-state index contributed by atoms with van der Waals surface area (Å²) in [7, 11) is 0. The molecule has 0 aliphatic carbocycles. The van der Waals surface area contributed by atoms with E-state index in [1.54, 1.807) is 6.21 Å². The van der Waals surface area contributed by atoms with Crippen molar-refractivity contribution >= 4 is 22.9 Å². The van der Waals surface area contributed by atoms with Crippen molar-refractivity contribution in [2.75, 3.05) is 13.2 Å². The van der Waals surface area contributed by atoms with Gasteiger partial charge in [-0.1, -0.05) is 56.3 Å². The SMILES string of the molecule is CCOc1ccc2ccccc2c1/C=N/NC(=O)COc1ccc([C@H](C)CC)cc1. The molecule has 0 saturated carbocycles. The molecular weight excluding hydrogens is 376 g/mol. The topological polar surface area (TPSA) is 59.9 Å². The van der Waals surface area contributed by atoms with Gasteiger partial charge >= 0.3 is 0 Å². The van der Waals surface area contributed by atoms with Crippen LogP contribution in [0.15, 0.2) is 65.8 Å². The molecule has 0 bridgehead atoms. The minimum atomic E-state index is -0.324. The van der Waals surface area contributed by atoms with E-state index in [0.717, 1.165) is 28.5 Å². The average molecular weight is 405 g/mol. The number of fused-ring (bicyclic) bond motifs is 1. The smallest absolute Gasteiger partial charge is 0.277 e. The zero-order valence-electron chi connectivity index (χ0n) is 17.7. The van der Waals surface area contributed by atoms with Crippen LogP contribution in [-0.4, -0.2) is 25.3 Å². The molecule has 156 valence electrons. The quantitative estimate of drug-likeness (QED) is 0.390. The van der Waals surface area contributed by atoms with E-state index in [-0.39, 0.29) is 12.5 Å². The molecule has 0 aliphatic rings. The number of amides is 1. The molecule has 0 aliphatic heterocycles. The number of nitrogens with one attached hydrogen (secondary N) is 1. The summed E-state index contributed by atoms with van der Waals surface area (Å²) in [6.07, 6.45) is 2.70. The molecular formula is C25H28N2O3. The Kier molecular flexibility index (Phi) is 7.44. The van der Waals surface area contributed by atoms with Gasteiger partial charge in [-0.15, -0.1) is 0 Å². The fraction of sp³-hybridized carbons (Fsp3) is 0.280. The largest absolute Gasteiger partial charge is 0.493 e.